The van der Waals surface area contributed by atoms with Crippen molar-refractivity contribution in [2.24, 2.45) is 0 Å². The predicted molar refractivity (Wildman–Crippen MR) is 46.1 cm³/mol. The van der Waals surface area contributed by atoms with Crippen molar-refractivity contribution in [2.75, 3.05) is 0 Å². The molecule has 0 radical (unpaired) electrons. The molecule has 0 aromatic heterocycles. The van der Waals surface area contributed by atoms with Gasteiger partial charge >= 0.3 is 35.7 Å². The van der Waals surface area contributed by atoms with E-state index in [-0.39, 0.29) is 35.6 Å². The Balaban J connectivity index is 0.00000289. The van der Waals surface area contributed by atoms with Gasteiger partial charge in [0, 0.05) is 5.56 Å². The fourth-order valence-corrected chi connectivity index (χ4v) is 1.66. The summed E-state index contributed by atoms with van der Waals surface area (Å²) in [5, 5.41) is 8.97. The van der Waals surface area contributed by atoms with Crippen molar-refractivity contribution < 1.29 is 65.2 Å². The van der Waals surface area contributed by atoms with E-state index in [9.17, 15) is 30.5 Å². The summed E-state index contributed by atoms with van der Waals surface area (Å²) in [4.78, 5) is 0. The third kappa shape index (κ3) is 4.18. The molecular weight excluding hydrogens is 291 g/mol. The third-order valence-corrected chi connectivity index (χ3v) is 2.66. The number of hydrogen-bond donors (Lipinski definition) is 1. The van der Waals surface area contributed by atoms with Crippen molar-refractivity contribution in [2.45, 2.75) is 11.6 Å². The van der Waals surface area contributed by atoms with Crippen molar-refractivity contribution >= 4 is 10.1 Å². The first kappa shape index (κ1) is 17.8. The molecule has 1 aromatic rings. The van der Waals surface area contributed by atoms with Gasteiger partial charge in [-0.3, -0.25) is 0 Å². The molecule has 0 saturated heterocycles. The Morgan fingerprint density at radius 2 is 1.78 bits per heavy atom. The van der Waals surface area contributed by atoms with E-state index in [0.717, 1.165) is 0 Å². The normalized spacial score (nSPS) is 13.9. The molecule has 0 amide bonds. The van der Waals surface area contributed by atoms with E-state index in [0.29, 0.717) is 12.1 Å². The van der Waals surface area contributed by atoms with Crippen LogP contribution in [-0.4, -0.2) is 18.1 Å². The standard InChI is InChI=1S/C8H6F4O4S.Na/c9-4-1-2-5(7(13)17(14,15)16)6(3-4)8(10,11)12;/h1-3,7,13H,(H,14,15,16);/q;+1/p-1. The third-order valence-electron chi connectivity index (χ3n) is 1.86. The number of alkyl halides is 3. The van der Waals surface area contributed by atoms with Gasteiger partial charge in [0.05, 0.1) is 5.56 Å². The molecule has 0 heterocycles. The van der Waals surface area contributed by atoms with Gasteiger partial charge in [-0.15, -0.1) is 0 Å². The summed E-state index contributed by atoms with van der Waals surface area (Å²) in [5.41, 5.74) is -5.79. The minimum absolute atomic E-state index is 0. The molecule has 1 unspecified atom stereocenters. The van der Waals surface area contributed by atoms with Crippen LogP contribution in [0.1, 0.15) is 16.6 Å². The second-order valence-electron chi connectivity index (χ2n) is 3.07. The molecule has 1 rings (SSSR count). The fourth-order valence-electron chi connectivity index (χ4n) is 1.14. The topological polar surface area (TPSA) is 77.4 Å². The maximum atomic E-state index is 12.6. The van der Waals surface area contributed by atoms with Crippen molar-refractivity contribution in [3.05, 3.63) is 35.1 Å². The number of aliphatic hydroxyl groups excluding tert-OH is 1. The van der Waals surface area contributed by atoms with E-state index in [1.54, 1.807) is 0 Å². The minimum atomic E-state index is -5.37. The predicted octanol–water partition coefficient (Wildman–Crippen LogP) is -1.62. The molecule has 18 heavy (non-hydrogen) atoms. The molecule has 0 aliphatic carbocycles. The zero-order chi connectivity index (χ0) is 13.4. The summed E-state index contributed by atoms with van der Waals surface area (Å²) < 4.78 is 81.1. The van der Waals surface area contributed by atoms with Crippen LogP contribution in [0.2, 0.25) is 0 Å². The molecule has 0 bridgehead atoms. The van der Waals surface area contributed by atoms with E-state index in [1.165, 1.54) is 0 Å². The first-order valence-corrected chi connectivity index (χ1v) is 5.50. The summed E-state index contributed by atoms with van der Waals surface area (Å²) in [6.45, 7) is 0. The van der Waals surface area contributed by atoms with Gasteiger partial charge in [0.15, 0.2) is 5.44 Å². The van der Waals surface area contributed by atoms with Gasteiger partial charge in [-0.2, -0.15) is 13.2 Å². The van der Waals surface area contributed by atoms with Crippen LogP contribution in [0, 0.1) is 5.82 Å². The van der Waals surface area contributed by atoms with Crippen LogP contribution >= 0.6 is 0 Å². The van der Waals surface area contributed by atoms with Gasteiger partial charge in [-0.25, -0.2) is 12.8 Å². The monoisotopic (exact) mass is 296 g/mol. The minimum Gasteiger partial charge on any atom is -0.746 e. The van der Waals surface area contributed by atoms with Crippen molar-refractivity contribution in [3.63, 3.8) is 0 Å². The fraction of sp³-hybridized carbons (Fsp3) is 0.250. The van der Waals surface area contributed by atoms with Gasteiger partial charge in [0.1, 0.15) is 15.9 Å². The number of rotatable bonds is 2. The summed E-state index contributed by atoms with van der Waals surface area (Å²) in [5.74, 6) is -1.27. The zero-order valence-electron chi connectivity index (χ0n) is 8.90. The maximum absolute atomic E-state index is 12.6. The second-order valence-corrected chi connectivity index (χ2v) is 4.51. The van der Waals surface area contributed by atoms with Gasteiger partial charge in [0.2, 0.25) is 0 Å². The van der Waals surface area contributed by atoms with Crippen molar-refractivity contribution in [1.29, 1.82) is 0 Å². The number of benzene rings is 1. The SMILES string of the molecule is O=S(=O)([O-])C(O)c1ccc(F)cc1C(F)(F)F.[Na+]. The van der Waals surface area contributed by atoms with E-state index in [2.05, 4.69) is 0 Å². The zero-order valence-corrected chi connectivity index (χ0v) is 11.7. The average Bonchev–Trinajstić information content (AvgIpc) is 2.14. The molecule has 0 aliphatic rings. The molecule has 4 nitrogen and oxygen atoms in total. The Morgan fingerprint density at radius 3 is 2.17 bits per heavy atom. The molecule has 0 saturated carbocycles. The van der Waals surface area contributed by atoms with Gasteiger partial charge in [-0.05, 0) is 12.1 Å². The van der Waals surface area contributed by atoms with E-state index in [4.69, 9.17) is 5.11 Å². The molecular formula is C8H5F4NaO4S. The summed E-state index contributed by atoms with van der Waals surface area (Å²) >= 11 is 0. The van der Waals surface area contributed by atoms with Crippen LogP contribution in [0.5, 0.6) is 0 Å². The first-order chi connectivity index (χ1) is 7.53. The van der Waals surface area contributed by atoms with Gasteiger partial charge in [-0.1, -0.05) is 6.07 Å². The van der Waals surface area contributed by atoms with Crippen LogP contribution in [0.4, 0.5) is 17.6 Å². The summed E-state index contributed by atoms with van der Waals surface area (Å²) in [6, 6.07) is 0.918. The molecule has 10 heteroatoms. The largest absolute Gasteiger partial charge is 1.00 e. The molecule has 1 aromatic carbocycles. The molecule has 0 fully saturated rings. The van der Waals surface area contributed by atoms with E-state index >= 15 is 0 Å². The molecule has 1 N–H and O–H groups in total. The molecule has 1 atom stereocenters. The van der Waals surface area contributed by atoms with Crippen LogP contribution in [0.25, 0.3) is 0 Å². The van der Waals surface area contributed by atoms with Crippen LogP contribution < -0.4 is 29.6 Å². The first-order valence-electron chi connectivity index (χ1n) is 4.03. The van der Waals surface area contributed by atoms with Gasteiger partial charge < -0.3 is 9.66 Å². The smallest absolute Gasteiger partial charge is 0.746 e. The Labute approximate surface area is 122 Å². The van der Waals surface area contributed by atoms with Crippen molar-refractivity contribution in [1.82, 2.24) is 0 Å². The number of aliphatic hydroxyl groups is 1. The van der Waals surface area contributed by atoms with Crippen LogP contribution in [0.15, 0.2) is 18.2 Å². The number of hydrogen-bond acceptors (Lipinski definition) is 4. The quantitative estimate of drug-likeness (QED) is 0.404. The van der Waals surface area contributed by atoms with Crippen LogP contribution in [0.3, 0.4) is 0 Å². The summed E-state index contributed by atoms with van der Waals surface area (Å²) in [6.07, 6.45) is -5.08. The Hall–Kier alpha value is -0.190. The Bertz CT molecular complexity index is 528. The Kier molecular flexibility index (Phi) is 5.78. The number of halogens is 4. The maximum Gasteiger partial charge on any atom is 1.00 e. The van der Waals surface area contributed by atoms with E-state index in [1.807, 2.05) is 0 Å². The summed E-state index contributed by atoms with van der Waals surface area (Å²) in [7, 11) is -5.37. The molecule has 0 spiro atoms. The molecule has 96 valence electrons. The average molecular weight is 296 g/mol. The van der Waals surface area contributed by atoms with Crippen LogP contribution in [-0.2, 0) is 16.3 Å². The molecule has 0 aliphatic heterocycles. The van der Waals surface area contributed by atoms with E-state index < -0.39 is 38.7 Å². The second kappa shape index (κ2) is 5.85. The van der Waals surface area contributed by atoms with Gasteiger partial charge in [0.25, 0.3) is 0 Å². The Morgan fingerprint density at radius 1 is 1.28 bits per heavy atom. The van der Waals surface area contributed by atoms with Crippen molar-refractivity contribution in [3.8, 4) is 0 Å².